The van der Waals surface area contributed by atoms with Crippen molar-refractivity contribution in [1.82, 2.24) is 0 Å². The van der Waals surface area contributed by atoms with Crippen LogP contribution in [0.25, 0.3) is 0 Å². The number of aliphatic hydroxyl groups is 1. The van der Waals surface area contributed by atoms with E-state index in [2.05, 4.69) is 119 Å². The first-order valence-electron chi connectivity index (χ1n) is 25.1. The molecule has 0 atom stereocenters. The van der Waals surface area contributed by atoms with Crippen molar-refractivity contribution in [3.8, 4) is 34.8 Å². The minimum atomic E-state index is -0.206. The molecule has 9 nitrogen and oxygen atoms in total. The largest absolute Gasteiger partial charge is 0.496 e. The van der Waals surface area contributed by atoms with Crippen LogP contribution in [0.4, 0.5) is 4.39 Å². The predicted molar refractivity (Wildman–Crippen MR) is 289 cm³/mol. The average molecular weight is 980 g/mol. The molecule has 390 valence electrons. The lowest BCUT2D eigenvalue weighted by Gasteiger charge is -2.26. The molecule has 0 aliphatic carbocycles. The highest BCUT2D eigenvalue weighted by Crippen LogP contribution is 2.31. The third-order valence-electron chi connectivity index (χ3n) is 11.3. The van der Waals surface area contributed by atoms with E-state index >= 15 is 0 Å². The zero-order chi connectivity index (χ0) is 53.0. The third-order valence-corrected chi connectivity index (χ3v) is 11.3. The van der Waals surface area contributed by atoms with Crippen molar-refractivity contribution in [3.63, 3.8) is 0 Å². The smallest absolute Gasteiger partial charge is 0.174 e. The summed E-state index contributed by atoms with van der Waals surface area (Å²) in [5.41, 5.74) is 10.9. The van der Waals surface area contributed by atoms with Crippen LogP contribution in [0.5, 0.6) is 28.7 Å². The van der Waals surface area contributed by atoms with Crippen molar-refractivity contribution in [2.75, 3.05) is 67.1 Å². The fourth-order valence-corrected chi connectivity index (χ4v) is 7.25. The molecule has 1 heterocycles. The first-order valence-corrected chi connectivity index (χ1v) is 25.1. The number of halogens is 1. The van der Waals surface area contributed by atoms with Crippen LogP contribution >= 0.6 is 0 Å². The van der Waals surface area contributed by atoms with E-state index in [4.69, 9.17) is 43.5 Å². The van der Waals surface area contributed by atoms with Crippen molar-refractivity contribution in [1.29, 1.82) is 5.26 Å². The fraction of sp³-hybridized carbons (Fsp3) is 0.492. The van der Waals surface area contributed by atoms with Crippen molar-refractivity contribution >= 4 is 0 Å². The van der Waals surface area contributed by atoms with Gasteiger partial charge in [0.05, 0.1) is 40.1 Å². The summed E-state index contributed by atoms with van der Waals surface area (Å²) < 4.78 is 50.6. The summed E-state index contributed by atoms with van der Waals surface area (Å²) in [6, 6.07) is 31.5. The Hall–Kier alpha value is -5.60. The number of ether oxygens (including phenoxy) is 7. The standard InChI is InChI=1S/C13H17FO2.C13H20O2.C12H15NO.C12H18O2.C11H16O/c1-9(2)12-5-11(14)3-4-13(12)16-8-10-6-15-7-10;1-10(2)12-9-11(3)5-6-13(12)15-8-7-14-4;2*1-9(2)11-8-10(3)4-5-12(11)14-7-6-13;1-8(2)10-7-9(3)5-6-11(10)12-4/h3-5,9-10H,6-8H2,1-2H3;5-6,9-10H,7-8H2,1-4H3;4-5,8-9H,7H2,1-3H3;4-5,8-9,13H,6-7H2,1-3H3;5-8H,1-4H3. The number of rotatable bonds is 18. The molecular formula is C61H86FNO8. The molecule has 0 bridgehead atoms. The van der Waals surface area contributed by atoms with Gasteiger partial charge >= 0.3 is 0 Å². The lowest BCUT2D eigenvalue weighted by molar-refractivity contribution is -0.0509. The zero-order valence-corrected chi connectivity index (χ0v) is 45.9. The second kappa shape index (κ2) is 33.1. The Morgan fingerprint density at radius 2 is 0.887 bits per heavy atom. The van der Waals surface area contributed by atoms with Crippen LogP contribution in [-0.2, 0) is 9.47 Å². The van der Waals surface area contributed by atoms with E-state index in [9.17, 15) is 4.39 Å². The molecule has 0 saturated carbocycles. The summed E-state index contributed by atoms with van der Waals surface area (Å²) >= 11 is 0. The molecule has 1 aliphatic rings. The summed E-state index contributed by atoms with van der Waals surface area (Å²) in [4.78, 5) is 0. The number of nitrogens with zero attached hydrogens (tertiary/aromatic N) is 1. The average Bonchev–Trinajstić information content (AvgIpc) is 3.31. The monoisotopic (exact) mass is 980 g/mol. The van der Waals surface area contributed by atoms with Gasteiger partial charge in [-0.1, -0.05) is 140 Å². The summed E-state index contributed by atoms with van der Waals surface area (Å²) in [6.45, 7) is 33.6. The normalized spacial score (nSPS) is 11.7. The Morgan fingerprint density at radius 1 is 0.521 bits per heavy atom. The zero-order valence-electron chi connectivity index (χ0n) is 45.9. The van der Waals surface area contributed by atoms with Crippen molar-refractivity contribution in [3.05, 3.63) is 147 Å². The SMILES string of the molecule is CC(C)c1cc(F)ccc1OCC1COC1.COCCOc1ccc(C)cc1C(C)C.COc1ccc(C)cc1C(C)C.Cc1ccc(OCC#N)c(C(C)C)c1.Cc1ccc(OCCO)c(C(C)C)c1. The molecule has 1 fully saturated rings. The lowest BCUT2D eigenvalue weighted by Crippen LogP contribution is -2.32. The number of benzene rings is 5. The minimum absolute atomic E-state index is 0.0609. The van der Waals surface area contributed by atoms with Gasteiger partial charge in [0, 0.05) is 13.0 Å². The summed E-state index contributed by atoms with van der Waals surface area (Å²) in [6.07, 6.45) is 0. The first kappa shape index (κ1) is 61.5. The van der Waals surface area contributed by atoms with Crippen LogP contribution in [-0.4, -0.2) is 72.2 Å². The van der Waals surface area contributed by atoms with Gasteiger partial charge in [0.25, 0.3) is 0 Å². The highest BCUT2D eigenvalue weighted by atomic mass is 19.1. The van der Waals surface area contributed by atoms with Gasteiger partial charge in [0.15, 0.2) is 6.61 Å². The second-order valence-electron chi connectivity index (χ2n) is 19.4. The molecule has 1 saturated heterocycles. The van der Waals surface area contributed by atoms with Gasteiger partial charge < -0.3 is 38.3 Å². The predicted octanol–water partition coefficient (Wildman–Crippen LogP) is 14.8. The molecule has 1 N–H and O–H groups in total. The van der Waals surface area contributed by atoms with Crippen molar-refractivity contribution < 1.29 is 42.7 Å². The van der Waals surface area contributed by atoms with Gasteiger partial charge in [0.1, 0.15) is 53.8 Å². The topological polar surface area (TPSA) is 109 Å². The maximum atomic E-state index is 13.1. The molecular weight excluding hydrogens is 894 g/mol. The second-order valence-corrected chi connectivity index (χ2v) is 19.4. The highest BCUT2D eigenvalue weighted by Gasteiger charge is 2.20. The Bertz CT molecular complexity index is 2330. The van der Waals surface area contributed by atoms with Crippen LogP contribution in [0.1, 0.15) is 149 Å². The van der Waals surface area contributed by atoms with E-state index in [0.717, 1.165) is 47.5 Å². The number of methoxy groups -OCH3 is 2. The quantitative estimate of drug-likeness (QED) is 0.0859. The molecule has 5 aromatic rings. The maximum Gasteiger partial charge on any atom is 0.174 e. The Morgan fingerprint density at radius 3 is 1.25 bits per heavy atom. The molecule has 1 aliphatic heterocycles. The molecule has 71 heavy (non-hydrogen) atoms. The van der Waals surface area contributed by atoms with E-state index in [-0.39, 0.29) is 24.9 Å². The number of aliphatic hydroxyl groups excluding tert-OH is 1. The van der Waals surface area contributed by atoms with Crippen LogP contribution in [0.2, 0.25) is 0 Å². The van der Waals surface area contributed by atoms with E-state index in [1.807, 2.05) is 56.3 Å². The molecule has 0 aromatic heterocycles. The molecule has 5 aromatic carbocycles. The summed E-state index contributed by atoms with van der Waals surface area (Å²) in [5.74, 6) is 6.92. The number of nitriles is 1. The van der Waals surface area contributed by atoms with Gasteiger partial charge in [0.2, 0.25) is 0 Å². The van der Waals surface area contributed by atoms with Gasteiger partial charge in [-0.05, 0) is 128 Å². The van der Waals surface area contributed by atoms with Crippen molar-refractivity contribution in [2.24, 2.45) is 5.92 Å². The number of hydrogen-bond donors (Lipinski definition) is 1. The van der Waals surface area contributed by atoms with Crippen LogP contribution in [0.3, 0.4) is 0 Å². The van der Waals surface area contributed by atoms with Crippen LogP contribution < -0.4 is 23.7 Å². The lowest BCUT2D eigenvalue weighted by atomic mass is 10.00. The Kier molecular flexibility index (Phi) is 28.7. The molecule has 0 amide bonds. The molecule has 0 spiro atoms. The fourth-order valence-electron chi connectivity index (χ4n) is 7.25. The third kappa shape index (κ3) is 22.6. The molecule has 10 heteroatoms. The number of hydrogen-bond acceptors (Lipinski definition) is 9. The van der Waals surface area contributed by atoms with Crippen molar-refractivity contribution in [2.45, 2.75) is 127 Å². The Labute approximate surface area is 427 Å². The Balaban J connectivity index is 0.000000305. The van der Waals surface area contributed by atoms with Gasteiger partial charge in [-0.25, -0.2) is 4.39 Å². The molecule has 0 radical (unpaired) electrons. The van der Waals surface area contributed by atoms with Gasteiger partial charge in [-0.15, -0.1) is 0 Å². The van der Waals surface area contributed by atoms with Gasteiger partial charge in [-0.3, -0.25) is 0 Å². The first-order chi connectivity index (χ1) is 33.8. The molecule has 6 rings (SSSR count). The van der Waals surface area contributed by atoms with Crippen LogP contribution in [0.15, 0.2) is 91.0 Å². The summed E-state index contributed by atoms with van der Waals surface area (Å²) in [5, 5.41) is 17.1. The minimum Gasteiger partial charge on any atom is -0.496 e. The van der Waals surface area contributed by atoms with Gasteiger partial charge in [-0.2, -0.15) is 5.26 Å². The maximum absolute atomic E-state index is 13.1. The van der Waals surface area contributed by atoms with E-state index < -0.39 is 0 Å². The van der Waals surface area contributed by atoms with E-state index in [1.165, 1.54) is 50.6 Å². The summed E-state index contributed by atoms with van der Waals surface area (Å²) in [7, 11) is 3.40. The van der Waals surface area contributed by atoms with E-state index in [0.29, 0.717) is 56.0 Å². The van der Waals surface area contributed by atoms with E-state index in [1.54, 1.807) is 26.4 Å². The van der Waals surface area contributed by atoms with Crippen LogP contribution in [0, 0.1) is 50.8 Å². The highest BCUT2D eigenvalue weighted by molar-refractivity contribution is 5.42. The molecule has 0 unspecified atom stereocenters. The number of aryl methyl sites for hydroxylation is 4.